The van der Waals surface area contributed by atoms with Crippen molar-refractivity contribution in [2.45, 2.75) is 39.3 Å². The number of rotatable bonds is 8. The van der Waals surface area contributed by atoms with Crippen molar-refractivity contribution in [2.24, 2.45) is 12.2 Å². The maximum absolute atomic E-state index is 13.2. The van der Waals surface area contributed by atoms with Crippen molar-refractivity contribution in [3.63, 3.8) is 0 Å². The Bertz CT molecular complexity index is 1130. The Hall–Kier alpha value is -2.44. The van der Waals surface area contributed by atoms with Gasteiger partial charge in [-0.2, -0.15) is 0 Å². The third kappa shape index (κ3) is 6.33. The van der Waals surface area contributed by atoms with Crippen LogP contribution in [0.2, 0.25) is 0 Å². The predicted molar refractivity (Wildman–Crippen MR) is 115 cm³/mol. The zero-order valence-corrected chi connectivity index (χ0v) is 20.9. The number of aromatic nitrogens is 4. The van der Waals surface area contributed by atoms with Crippen LogP contribution in [0.25, 0.3) is 5.70 Å². The molecule has 0 aliphatic carbocycles. The molecule has 0 N–H and O–H groups in total. The molecule has 33 heavy (non-hydrogen) atoms. The van der Waals surface area contributed by atoms with Crippen molar-refractivity contribution in [1.29, 1.82) is 0 Å². The van der Waals surface area contributed by atoms with E-state index in [4.69, 9.17) is 4.84 Å². The molecule has 0 radical (unpaired) electrons. The summed E-state index contributed by atoms with van der Waals surface area (Å²) in [5.74, 6) is 0. The first-order valence-corrected chi connectivity index (χ1v) is 13.6. The van der Waals surface area contributed by atoms with Gasteiger partial charge in [-0.1, -0.05) is 0 Å². The van der Waals surface area contributed by atoms with Gasteiger partial charge < -0.3 is 0 Å². The van der Waals surface area contributed by atoms with E-state index < -0.39 is 11.7 Å². The molecule has 1 aliphatic rings. The van der Waals surface area contributed by atoms with E-state index in [1.54, 1.807) is 6.07 Å². The van der Waals surface area contributed by atoms with Gasteiger partial charge in [0.05, 0.1) is 0 Å². The molecule has 0 saturated carbocycles. The molecule has 1 aliphatic heterocycles. The molecule has 1 aromatic heterocycles. The number of allylic oxidation sites excluding steroid dienone is 2. The van der Waals surface area contributed by atoms with Crippen LogP contribution in [-0.4, -0.2) is 41.0 Å². The van der Waals surface area contributed by atoms with E-state index >= 15 is 0 Å². The van der Waals surface area contributed by atoms with Crippen LogP contribution >= 0.6 is 0 Å². The Morgan fingerprint density at radius 2 is 2.09 bits per heavy atom. The van der Waals surface area contributed by atoms with Gasteiger partial charge in [-0.25, -0.2) is 0 Å². The molecule has 11 heteroatoms. The number of benzene rings is 1. The first-order valence-electron chi connectivity index (χ1n) is 10.5. The Morgan fingerprint density at radius 1 is 1.30 bits per heavy atom. The number of alkyl halides is 5. The van der Waals surface area contributed by atoms with Gasteiger partial charge in [0, 0.05) is 0 Å². The van der Waals surface area contributed by atoms with Gasteiger partial charge in [0.15, 0.2) is 0 Å². The number of unbranched alkanes of at least 4 members (excludes halogenated alkanes) is 1. The number of hydrogen-bond donors (Lipinski definition) is 0. The number of halogens is 4. The van der Waals surface area contributed by atoms with Gasteiger partial charge in [0.1, 0.15) is 0 Å². The molecule has 2 heterocycles. The van der Waals surface area contributed by atoms with E-state index in [2.05, 4.69) is 15.6 Å². The second-order valence-corrected chi connectivity index (χ2v) is 10.3. The van der Waals surface area contributed by atoms with Gasteiger partial charge in [-0.15, -0.1) is 0 Å². The molecule has 2 aromatic rings. The number of oxime groups is 1. The summed E-state index contributed by atoms with van der Waals surface area (Å²) in [6, 6.07) is 5.13. The second-order valence-electron chi connectivity index (χ2n) is 7.62. The van der Waals surface area contributed by atoms with Gasteiger partial charge in [0.25, 0.3) is 0 Å². The van der Waals surface area contributed by atoms with Gasteiger partial charge in [-0.3, -0.25) is 0 Å². The summed E-state index contributed by atoms with van der Waals surface area (Å²) in [6.45, 7) is 4.08. The summed E-state index contributed by atoms with van der Waals surface area (Å²) in [5, 5.41) is 12.0. The summed E-state index contributed by atoms with van der Waals surface area (Å²) in [7, 11) is 1.53. The first-order chi connectivity index (χ1) is 15.7. The Kier molecular flexibility index (Phi) is 8.49. The Labute approximate surface area is 200 Å². The van der Waals surface area contributed by atoms with Gasteiger partial charge in [0.2, 0.25) is 0 Å². The maximum atomic E-state index is 13.2. The van der Waals surface area contributed by atoms with E-state index in [0.29, 0.717) is 23.4 Å². The van der Waals surface area contributed by atoms with Crippen LogP contribution < -0.4 is 26.9 Å². The van der Waals surface area contributed by atoms with Crippen LogP contribution in [0.4, 0.5) is 13.2 Å². The Balaban J connectivity index is 1.88. The molecular weight excluding hydrogens is 550 g/mol. The van der Waals surface area contributed by atoms with Crippen molar-refractivity contribution in [2.75, 3.05) is 15.5 Å². The fourth-order valence-corrected chi connectivity index (χ4v) is 5.57. The van der Waals surface area contributed by atoms with Crippen molar-refractivity contribution in [1.82, 2.24) is 19.8 Å². The zero-order chi connectivity index (χ0) is 24.0. The number of tetrazole rings is 1. The van der Waals surface area contributed by atoms with E-state index in [1.165, 1.54) is 17.8 Å². The summed E-state index contributed by atoms with van der Waals surface area (Å²) >= 11 is -0.0940. The molecular formula is C22H26F3IN5O2-. The average Bonchev–Trinajstić information content (AvgIpc) is 3.00. The van der Waals surface area contributed by atoms with Gasteiger partial charge >= 0.3 is 200 Å². The van der Waals surface area contributed by atoms with Crippen LogP contribution in [0, 0.1) is 0 Å². The quantitative estimate of drug-likeness (QED) is 0.203. The molecule has 0 amide bonds. The molecule has 3 rings (SSSR count). The molecule has 0 bridgehead atoms. The third-order valence-corrected chi connectivity index (χ3v) is 7.87. The summed E-state index contributed by atoms with van der Waals surface area (Å²) in [6.07, 6.45) is -0.318. The number of hydrogen-bond acceptors (Lipinski definition) is 5. The van der Waals surface area contributed by atoms with E-state index in [9.17, 15) is 18.0 Å². The normalized spacial score (nSPS) is 15.7. The fraction of sp³-hybridized carbons (Fsp3) is 0.455. The molecule has 0 atom stereocenters. The molecule has 0 fully saturated rings. The SMILES string of the molecule is CCCC/C(=N\OCC1=C(C)C[I-]CC=C1n1nnn(C)c1=O)c1cccc(C(F)(F)F)c1. The Morgan fingerprint density at radius 3 is 2.76 bits per heavy atom. The van der Waals surface area contributed by atoms with Gasteiger partial charge in [-0.05, 0) is 0 Å². The molecule has 0 spiro atoms. The average molecular weight is 576 g/mol. The van der Waals surface area contributed by atoms with Crippen molar-refractivity contribution in [3.8, 4) is 0 Å². The third-order valence-electron chi connectivity index (χ3n) is 5.12. The minimum atomic E-state index is -4.43. The summed E-state index contributed by atoms with van der Waals surface area (Å²) in [5.41, 5.74) is 2.30. The van der Waals surface area contributed by atoms with Crippen LogP contribution in [0.1, 0.15) is 44.2 Å². The molecule has 180 valence electrons. The fourth-order valence-electron chi connectivity index (χ4n) is 3.26. The van der Waals surface area contributed by atoms with Crippen molar-refractivity contribution in [3.05, 3.63) is 63.1 Å². The first kappa shape index (κ1) is 25.2. The van der Waals surface area contributed by atoms with Crippen LogP contribution in [0.15, 0.2) is 51.4 Å². The molecule has 7 nitrogen and oxygen atoms in total. The summed E-state index contributed by atoms with van der Waals surface area (Å²) in [4.78, 5) is 18.1. The minimum absolute atomic E-state index is 0.0823. The predicted octanol–water partition coefficient (Wildman–Crippen LogP) is 0.867. The van der Waals surface area contributed by atoms with Crippen LogP contribution in [0.5, 0.6) is 0 Å². The van der Waals surface area contributed by atoms with E-state index in [-0.39, 0.29) is 33.5 Å². The monoisotopic (exact) mass is 576 g/mol. The van der Waals surface area contributed by atoms with E-state index in [1.807, 2.05) is 19.9 Å². The number of aryl methyl sites for hydroxylation is 1. The summed E-state index contributed by atoms with van der Waals surface area (Å²) < 4.78 is 43.8. The molecule has 0 saturated heterocycles. The standard InChI is InChI=1S/C22H26F3IN5O2/c1-4-5-9-19(16-7-6-8-17(12-16)22(23,24)25)27-33-14-18-15(2)13-26-11-10-20(18)31-21(32)30(3)28-29-31/h6-8,10,12H,4-5,9,11,13-14H2,1-3H3/q-1/b27-19+. The van der Waals surface area contributed by atoms with Crippen LogP contribution in [0.3, 0.4) is 0 Å². The van der Waals surface area contributed by atoms with E-state index in [0.717, 1.165) is 49.7 Å². The topological polar surface area (TPSA) is 74.3 Å². The second kappa shape index (κ2) is 11.1. The van der Waals surface area contributed by atoms with Crippen molar-refractivity contribution < 1.29 is 39.2 Å². The number of nitrogens with zero attached hydrogens (tertiary/aromatic N) is 5. The zero-order valence-electron chi connectivity index (χ0n) is 18.7. The molecule has 0 unspecified atom stereocenters. The van der Waals surface area contributed by atoms with Crippen molar-refractivity contribution >= 4 is 11.4 Å². The van der Waals surface area contributed by atoms with Crippen LogP contribution in [-0.2, 0) is 18.1 Å². The molecule has 1 aromatic carbocycles.